The number of rotatable bonds is 5. The van der Waals surface area contributed by atoms with Crippen molar-refractivity contribution in [2.45, 2.75) is 24.8 Å². The number of sulfonamides is 1. The molecule has 0 aliphatic heterocycles. The lowest BCUT2D eigenvalue weighted by molar-refractivity contribution is 0.476. The zero-order chi connectivity index (χ0) is 13.1. The Bertz CT molecular complexity index is 528. The van der Waals surface area contributed by atoms with Crippen LogP contribution in [0.5, 0.6) is 0 Å². The Hall–Kier alpha value is -1.59. The van der Waals surface area contributed by atoms with Crippen LogP contribution in [-0.4, -0.2) is 36.1 Å². The van der Waals surface area contributed by atoms with Gasteiger partial charge in [-0.2, -0.15) is 14.7 Å². The molecule has 0 aromatic carbocycles. The molecule has 1 rings (SSSR count). The van der Waals surface area contributed by atoms with Gasteiger partial charge in [-0.05, 0) is 6.92 Å². The van der Waals surface area contributed by atoms with Crippen molar-refractivity contribution >= 4 is 15.8 Å². The van der Waals surface area contributed by atoms with Crippen LogP contribution in [-0.2, 0) is 16.6 Å². The number of hydrogen-bond acceptors (Lipinski definition) is 5. The minimum atomic E-state index is -3.66. The summed E-state index contributed by atoms with van der Waals surface area (Å²) in [4.78, 5) is -0.0141. The molecule has 0 saturated carbocycles. The smallest absolute Gasteiger partial charge is 0.248 e. The van der Waals surface area contributed by atoms with Crippen molar-refractivity contribution in [1.29, 1.82) is 5.26 Å². The minimum absolute atomic E-state index is 0.0141. The van der Waals surface area contributed by atoms with E-state index in [4.69, 9.17) is 11.0 Å². The molecule has 7 nitrogen and oxygen atoms in total. The van der Waals surface area contributed by atoms with E-state index in [1.165, 1.54) is 17.9 Å². The molecular weight excluding hydrogens is 242 g/mol. The summed E-state index contributed by atoms with van der Waals surface area (Å²) in [5, 5.41) is 12.3. The molecule has 2 N–H and O–H groups in total. The monoisotopic (exact) mass is 257 g/mol. The van der Waals surface area contributed by atoms with Crippen molar-refractivity contribution in [2.75, 3.05) is 19.3 Å². The Morgan fingerprint density at radius 1 is 1.65 bits per heavy atom. The third kappa shape index (κ3) is 2.75. The van der Waals surface area contributed by atoms with Gasteiger partial charge >= 0.3 is 0 Å². The second-order valence-electron chi connectivity index (χ2n) is 3.47. The molecule has 0 amide bonds. The summed E-state index contributed by atoms with van der Waals surface area (Å²) < 4.78 is 26.7. The van der Waals surface area contributed by atoms with Gasteiger partial charge in [0, 0.05) is 32.8 Å². The van der Waals surface area contributed by atoms with Crippen molar-refractivity contribution in [3.63, 3.8) is 0 Å². The highest BCUT2D eigenvalue weighted by molar-refractivity contribution is 7.89. The third-order valence-electron chi connectivity index (χ3n) is 2.31. The molecule has 8 heteroatoms. The predicted molar refractivity (Wildman–Crippen MR) is 62.4 cm³/mol. The highest BCUT2D eigenvalue weighted by Gasteiger charge is 2.25. The molecule has 0 saturated heterocycles. The number of nitriles is 1. The minimum Gasteiger partial charge on any atom is -0.381 e. The number of aromatic nitrogens is 2. The number of anilines is 1. The van der Waals surface area contributed by atoms with Gasteiger partial charge in [-0.3, -0.25) is 4.68 Å². The van der Waals surface area contributed by atoms with E-state index >= 15 is 0 Å². The maximum Gasteiger partial charge on any atom is 0.248 e. The first-order chi connectivity index (χ1) is 7.93. The van der Waals surface area contributed by atoms with E-state index in [9.17, 15) is 8.42 Å². The molecule has 0 bridgehead atoms. The van der Waals surface area contributed by atoms with Gasteiger partial charge in [-0.1, -0.05) is 0 Å². The van der Waals surface area contributed by atoms with Crippen molar-refractivity contribution in [1.82, 2.24) is 14.1 Å². The van der Waals surface area contributed by atoms with Crippen LogP contribution in [0.25, 0.3) is 0 Å². The lowest BCUT2D eigenvalue weighted by Crippen LogP contribution is -2.28. The van der Waals surface area contributed by atoms with Gasteiger partial charge < -0.3 is 5.73 Å². The van der Waals surface area contributed by atoms with Gasteiger partial charge in [0.05, 0.1) is 6.07 Å². The van der Waals surface area contributed by atoms with E-state index in [2.05, 4.69) is 5.10 Å². The molecule has 0 unspecified atom stereocenters. The number of nitrogen functional groups attached to an aromatic ring is 1. The third-order valence-corrected chi connectivity index (χ3v) is 4.18. The molecule has 1 aromatic heterocycles. The SMILES string of the molecule is CCn1cc(S(=O)(=O)N(C)CCC#N)c(N)n1. The second kappa shape index (κ2) is 5.16. The van der Waals surface area contributed by atoms with Crippen LogP contribution in [0.1, 0.15) is 13.3 Å². The average Bonchev–Trinajstić information content (AvgIpc) is 2.67. The maximum absolute atomic E-state index is 12.1. The van der Waals surface area contributed by atoms with Crippen molar-refractivity contribution in [3.8, 4) is 6.07 Å². The first kappa shape index (κ1) is 13.5. The standard InChI is InChI=1S/C9H15N5O2S/c1-3-14-7-8(9(11)12-14)17(15,16)13(2)6-4-5-10/h7H,3-4,6H2,1-2H3,(H2,11,12). The van der Waals surface area contributed by atoms with Crippen LogP contribution < -0.4 is 5.73 Å². The molecular formula is C9H15N5O2S. The molecule has 0 atom stereocenters. The number of aryl methyl sites for hydroxylation is 1. The maximum atomic E-state index is 12.1. The molecule has 17 heavy (non-hydrogen) atoms. The zero-order valence-corrected chi connectivity index (χ0v) is 10.6. The predicted octanol–water partition coefficient (Wildman–Crippen LogP) is 0.0194. The molecule has 0 radical (unpaired) electrons. The first-order valence-electron chi connectivity index (χ1n) is 5.09. The van der Waals surface area contributed by atoms with Crippen LogP contribution in [0.15, 0.2) is 11.1 Å². The van der Waals surface area contributed by atoms with Gasteiger partial charge in [-0.15, -0.1) is 0 Å². The molecule has 94 valence electrons. The van der Waals surface area contributed by atoms with Crippen molar-refractivity contribution < 1.29 is 8.42 Å². The van der Waals surface area contributed by atoms with E-state index in [1.807, 2.05) is 13.0 Å². The fourth-order valence-electron chi connectivity index (χ4n) is 1.27. The zero-order valence-electron chi connectivity index (χ0n) is 9.79. The Morgan fingerprint density at radius 3 is 2.76 bits per heavy atom. The molecule has 0 spiro atoms. The van der Waals surface area contributed by atoms with Crippen LogP contribution in [0, 0.1) is 11.3 Å². The van der Waals surface area contributed by atoms with Gasteiger partial charge in [0.25, 0.3) is 0 Å². The normalized spacial score (nSPS) is 11.6. The Morgan fingerprint density at radius 2 is 2.29 bits per heavy atom. The highest BCUT2D eigenvalue weighted by atomic mass is 32.2. The van der Waals surface area contributed by atoms with E-state index in [1.54, 1.807) is 0 Å². The Kier molecular flexibility index (Phi) is 4.09. The fourth-order valence-corrected chi connectivity index (χ4v) is 2.50. The van der Waals surface area contributed by atoms with Crippen molar-refractivity contribution in [2.24, 2.45) is 0 Å². The fraction of sp³-hybridized carbons (Fsp3) is 0.556. The van der Waals surface area contributed by atoms with E-state index < -0.39 is 10.0 Å². The first-order valence-corrected chi connectivity index (χ1v) is 6.53. The average molecular weight is 257 g/mol. The van der Waals surface area contributed by atoms with Gasteiger partial charge in [0.1, 0.15) is 4.90 Å². The largest absolute Gasteiger partial charge is 0.381 e. The summed E-state index contributed by atoms with van der Waals surface area (Å²) >= 11 is 0. The quantitative estimate of drug-likeness (QED) is 0.800. The Labute approximate surface area is 100 Å². The lowest BCUT2D eigenvalue weighted by Gasteiger charge is -2.14. The summed E-state index contributed by atoms with van der Waals surface area (Å²) in [6, 6.07) is 1.89. The lowest BCUT2D eigenvalue weighted by atomic mass is 10.5. The summed E-state index contributed by atoms with van der Waals surface area (Å²) in [5.74, 6) is -0.0179. The van der Waals surface area contributed by atoms with E-state index in [0.717, 1.165) is 4.31 Å². The highest BCUT2D eigenvalue weighted by Crippen LogP contribution is 2.20. The number of nitrogens with two attached hydrogens (primary N) is 1. The van der Waals surface area contributed by atoms with Crippen LogP contribution in [0.4, 0.5) is 5.82 Å². The summed E-state index contributed by atoms with van der Waals surface area (Å²) in [6.07, 6.45) is 1.53. The summed E-state index contributed by atoms with van der Waals surface area (Å²) in [6.45, 7) is 2.51. The number of nitrogens with zero attached hydrogens (tertiary/aromatic N) is 4. The van der Waals surface area contributed by atoms with Gasteiger partial charge in [-0.25, -0.2) is 8.42 Å². The van der Waals surface area contributed by atoms with Gasteiger partial charge in [0.15, 0.2) is 5.82 Å². The molecule has 0 fully saturated rings. The van der Waals surface area contributed by atoms with Crippen LogP contribution in [0.3, 0.4) is 0 Å². The van der Waals surface area contributed by atoms with E-state index in [-0.39, 0.29) is 23.7 Å². The second-order valence-corrected chi connectivity index (χ2v) is 5.48. The van der Waals surface area contributed by atoms with Crippen LogP contribution >= 0.6 is 0 Å². The van der Waals surface area contributed by atoms with Gasteiger partial charge in [0.2, 0.25) is 10.0 Å². The van der Waals surface area contributed by atoms with Crippen LogP contribution in [0.2, 0.25) is 0 Å². The Balaban J connectivity index is 3.04. The van der Waals surface area contributed by atoms with E-state index in [0.29, 0.717) is 6.54 Å². The molecule has 0 aliphatic carbocycles. The van der Waals surface area contributed by atoms with Crippen molar-refractivity contribution in [3.05, 3.63) is 6.20 Å². The molecule has 1 heterocycles. The summed E-state index contributed by atoms with van der Waals surface area (Å²) in [7, 11) is -2.25. The summed E-state index contributed by atoms with van der Waals surface area (Å²) in [5.41, 5.74) is 5.57. The molecule has 1 aromatic rings. The number of hydrogen-bond donors (Lipinski definition) is 1. The topological polar surface area (TPSA) is 105 Å². The molecule has 0 aliphatic rings.